The number of hydrogen-bond donors (Lipinski definition) is 3. The van der Waals surface area contributed by atoms with Gasteiger partial charge in [-0.25, -0.2) is 0 Å². The third kappa shape index (κ3) is 5.13. The molecule has 0 bridgehead atoms. The van der Waals surface area contributed by atoms with Gasteiger partial charge in [0.05, 0.1) is 13.1 Å². The van der Waals surface area contributed by atoms with Crippen molar-refractivity contribution in [2.75, 3.05) is 26.2 Å². The van der Waals surface area contributed by atoms with Crippen LogP contribution in [0.1, 0.15) is 36.5 Å². The molecule has 3 aromatic carbocycles. The molecule has 4 aromatic rings. The fraction of sp³-hybridized carbons (Fsp3) is 0.286. The molecule has 0 spiro atoms. The lowest BCUT2D eigenvalue weighted by molar-refractivity contribution is -0.885. The van der Waals surface area contributed by atoms with Gasteiger partial charge in [0.25, 0.3) is 0 Å². The number of hydroxylamine groups is 3. The van der Waals surface area contributed by atoms with E-state index in [9.17, 15) is 20.5 Å². The molecule has 35 heavy (non-hydrogen) atoms. The van der Waals surface area contributed by atoms with Crippen LogP contribution in [0.5, 0.6) is 17.2 Å². The summed E-state index contributed by atoms with van der Waals surface area (Å²) in [5.74, 6) is 1.02. The van der Waals surface area contributed by atoms with E-state index < -0.39 is 6.10 Å². The first kappa shape index (κ1) is 23.6. The van der Waals surface area contributed by atoms with Crippen LogP contribution in [0.3, 0.4) is 0 Å². The second kappa shape index (κ2) is 9.87. The molecule has 1 aromatic heterocycles. The molecule has 1 aliphatic rings. The molecule has 182 valence electrons. The quantitative estimate of drug-likeness (QED) is 0.220. The van der Waals surface area contributed by atoms with Crippen molar-refractivity contribution in [2.45, 2.75) is 25.4 Å². The zero-order chi connectivity index (χ0) is 24.4. The summed E-state index contributed by atoms with van der Waals surface area (Å²) in [6.07, 6.45) is 2.22. The van der Waals surface area contributed by atoms with Gasteiger partial charge in [-0.2, -0.15) is 0 Å². The maximum absolute atomic E-state index is 12.7. The van der Waals surface area contributed by atoms with Crippen molar-refractivity contribution in [1.82, 2.24) is 0 Å². The summed E-state index contributed by atoms with van der Waals surface area (Å²) in [7, 11) is 0. The number of ether oxygens (including phenoxy) is 1. The van der Waals surface area contributed by atoms with Gasteiger partial charge in [0, 0.05) is 15.1 Å². The van der Waals surface area contributed by atoms with Crippen molar-refractivity contribution < 1.29 is 24.7 Å². The van der Waals surface area contributed by atoms with Gasteiger partial charge in [-0.3, -0.25) is 0 Å². The molecule has 6 nitrogen and oxygen atoms in total. The van der Waals surface area contributed by atoms with Gasteiger partial charge in [-0.15, -0.1) is 11.3 Å². The predicted molar refractivity (Wildman–Crippen MR) is 139 cm³/mol. The van der Waals surface area contributed by atoms with Crippen molar-refractivity contribution in [3.8, 4) is 27.7 Å². The Morgan fingerprint density at radius 2 is 1.57 bits per heavy atom. The Labute approximate surface area is 208 Å². The van der Waals surface area contributed by atoms with E-state index in [2.05, 4.69) is 0 Å². The Balaban J connectivity index is 1.38. The van der Waals surface area contributed by atoms with Gasteiger partial charge in [0.1, 0.15) is 36.5 Å². The van der Waals surface area contributed by atoms with Crippen LogP contribution in [-0.2, 0) is 0 Å². The highest BCUT2D eigenvalue weighted by Crippen LogP contribution is 2.45. The number of aliphatic hydroxyl groups is 1. The van der Waals surface area contributed by atoms with Crippen molar-refractivity contribution in [3.63, 3.8) is 0 Å². The molecular weight excluding hydrogens is 462 g/mol. The summed E-state index contributed by atoms with van der Waals surface area (Å²) in [6.45, 7) is 2.16. The maximum atomic E-state index is 12.7. The van der Waals surface area contributed by atoms with Crippen LogP contribution < -0.4 is 4.74 Å². The summed E-state index contributed by atoms with van der Waals surface area (Å²) >= 11 is 1.49. The van der Waals surface area contributed by atoms with E-state index in [4.69, 9.17) is 4.74 Å². The van der Waals surface area contributed by atoms with E-state index in [1.165, 1.54) is 11.3 Å². The number of nitrogens with zero attached hydrogens (tertiary/aromatic N) is 1. The Hall–Kier alpha value is -3.10. The molecule has 1 saturated heterocycles. The summed E-state index contributed by atoms with van der Waals surface area (Å²) < 4.78 is 6.54. The first-order chi connectivity index (χ1) is 16.9. The number of hydrogen-bond acceptors (Lipinski definition) is 6. The van der Waals surface area contributed by atoms with Gasteiger partial charge in [0.15, 0.2) is 0 Å². The van der Waals surface area contributed by atoms with Crippen LogP contribution >= 0.6 is 11.3 Å². The zero-order valence-electron chi connectivity index (χ0n) is 19.4. The van der Waals surface area contributed by atoms with E-state index in [0.717, 1.165) is 45.4 Å². The standard InChI is InChI=1S/C28H29NO5S/c30-21-8-4-20(5-9-21)28-26(24-13-10-22(31)18-25(24)35-28)27(32)19-6-11-23(12-7-19)34-17-16-29(33)14-2-1-3-15-29/h4-13,18,27,30-32H,1-3,14-17H2. The number of rotatable bonds is 7. The molecule has 2 heterocycles. The van der Waals surface area contributed by atoms with E-state index in [1.807, 2.05) is 42.5 Å². The molecule has 5 rings (SSSR count). The topological polar surface area (TPSA) is 93.0 Å². The van der Waals surface area contributed by atoms with Crippen LogP contribution in [0.25, 0.3) is 20.5 Å². The van der Waals surface area contributed by atoms with Crippen molar-refractivity contribution in [3.05, 3.63) is 83.1 Å². The van der Waals surface area contributed by atoms with Crippen molar-refractivity contribution in [2.24, 2.45) is 0 Å². The van der Waals surface area contributed by atoms with Crippen molar-refractivity contribution in [1.29, 1.82) is 0 Å². The SMILES string of the molecule is [O-][N+]1(CCOc2ccc(C(O)c3c(-c4ccc(O)cc4)sc4cc(O)ccc34)cc2)CCCCC1. The number of aliphatic hydroxyl groups excluding tert-OH is 1. The summed E-state index contributed by atoms with van der Waals surface area (Å²) in [5, 5.41) is 44.6. The van der Waals surface area contributed by atoms with E-state index in [1.54, 1.807) is 24.3 Å². The first-order valence-corrected chi connectivity index (χ1v) is 12.8. The largest absolute Gasteiger partial charge is 0.633 e. The number of thiophene rings is 1. The van der Waals surface area contributed by atoms with E-state index in [-0.39, 0.29) is 16.1 Å². The number of piperidine rings is 1. The smallest absolute Gasteiger partial charge is 0.137 e. The lowest BCUT2D eigenvalue weighted by Crippen LogP contribution is -2.48. The molecular formula is C28H29NO5S. The average Bonchev–Trinajstić information content (AvgIpc) is 3.23. The number of fused-ring (bicyclic) bond motifs is 1. The van der Waals surface area contributed by atoms with Crippen molar-refractivity contribution >= 4 is 21.4 Å². The van der Waals surface area contributed by atoms with Crippen LogP contribution in [0.15, 0.2) is 66.7 Å². The Morgan fingerprint density at radius 1 is 0.886 bits per heavy atom. The number of phenolic OH excluding ortho intramolecular Hbond substituents is 2. The number of quaternary nitrogens is 1. The second-order valence-electron chi connectivity index (χ2n) is 9.18. The molecule has 1 atom stereocenters. The minimum atomic E-state index is -0.894. The average molecular weight is 492 g/mol. The Bertz CT molecular complexity index is 1290. The summed E-state index contributed by atoms with van der Waals surface area (Å²) in [4.78, 5) is 0.879. The summed E-state index contributed by atoms with van der Waals surface area (Å²) in [6, 6.07) is 19.4. The Kier molecular flexibility index (Phi) is 6.67. The number of benzene rings is 3. The number of aromatic hydroxyl groups is 2. The molecule has 0 radical (unpaired) electrons. The first-order valence-electron chi connectivity index (χ1n) is 11.9. The minimum Gasteiger partial charge on any atom is -0.633 e. The minimum absolute atomic E-state index is 0.169. The predicted octanol–water partition coefficient (Wildman–Crippen LogP) is 5.94. The molecule has 1 fully saturated rings. The molecule has 0 saturated carbocycles. The lowest BCUT2D eigenvalue weighted by atomic mass is 9.96. The highest BCUT2D eigenvalue weighted by atomic mass is 32.1. The van der Waals surface area contributed by atoms with Crippen LogP contribution in [0.2, 0.25) is 0 Å². The van der Waals surface area contributed by atoms with Crippen LogP contribution in [0.4, 0.5) is 0 Å². The number of phenols is 2. The third-order valence-electron chi connectivity index (χ3n) is 6.71. The van der Waals surface area contributed by atoms with Gasteiger partial charge < -0.3 is 29.9 Å². The summed E-state index contributed by atoms with van der Waals surface area (Å²) in [5.41, 5.74) is 2.35. The fourth-order valence-electron chi connectivity index (χ4n) is 4.76. The maximum Gasteiger partial charge on any atom is 0.137 e. The van der Waals surface area contributed by atoms with Gasteiger partial charge in [0.2, 0.25) is 0 Å². The lowest BCUT2D eigenvalue weighted by Gasteiger charge is -2.45. The monoisotopic (exact) mass is 491 g/mol. The molecule has 7 heteroatoms. The molecule has 0 aliphatic carbocycles. The van der Waals surface area contributed by atoms with Gasteiger partial charge >= 0.3 is 0 Å². The molecule has 0 amide bonds. The van der Waals surface area contributed by atoms with Gasteiger partial charge in [-0.1, -0.05) is 12.1 Å². The fourth-order valence-corrected chi connectivity index (χ4v) is 6.03. The number of likely N-dealkylation sites (tertiary alicyclic amines) is 1. The zero-order valence-corrected chi connectivity index (χ0v) is 20.2. The third-order valence-corrected chi connectivity index (χ3v) is 7.93. The normalized spacial score (nSPS) is 16.3. The Morgan fingerprint density at radius 3 is 2.29 bits per heavy atom. The van der Waals surface area contributed by atoms with Crippen LogP contribution in [0, 0.1) is 5.21 Å². The molecule has 1 unspecified atom stereocenters. The van der Waals surface area contributed by atoms with E-state index in [0.29, 0.717) is 37.6 Å². The molecule has 3 N–H and O–H groups in total. The van der Waals surface area contributed by atoms with E-state index >= 15 is 0 Å². The van der Waals surface area contributed by atoms with Gasteiger partial charge in [-0.05, 0) is 90.4 Å². The molecule has 1 aliphatic heterocycles. The second-order valence-corrected chi connectivity index (χ2v) is 10.2. The van der Waals surface area contributed by atoms with Crippen LogP contribution in [-0.4, -0.2) is 46.2 Å². The highest BCUT2D eigenvalue weighted by Gasteiger charge is 2.23. The highest BCUT2D eigenvalue weighted by molar-refractivity contribution is 7.22.